The van der Waals surface area contributed by atoms with Crippen molar-refractivity contribution in [1.29, 1.82) is 0 Å². The van der Waals surface area contributed by atoms with Gasteiger partial charge in [0.1, 0.15) is 0 Å². The summed E-state index contributed by atoms with van der Waals surface area (Å²) in [5, 5.41) is 8.90. The molecule has 1 aliphatic heterocycles. The van der Waals surface area contributed by atoms with Crippen LogP contribution in [-0.4, -0.2) is 53.1 Å². The van der Waals surface area contributed by atoms with E-state index in [9.17, 15) is 9.59 Å². The van der Waals surface area contributed by atoms with Crippen LogP contribution in [0.4, 0.5) is 4.79 Å². The molecule has 5 nitrogen and oxygen atoms in total. The quantitative estimate of drug-likeness (QED) is 0.690. The molecule has 0 aromatic heterocycles. The second-order valence-electron chi connectivity index (χ2n) is 4.08. The van der Waals surface area contributed by atoms with Crippen molar-refractivity contribution < 1.29 is 14.7 Å². The molecular weight excluding hydrogens is 184 g/mol. The smallest absolute Gasteiger partial charge is 0.320 e. The molecule has 14 heavy (non-hydrogen) atoms. The Morgan fingerprint density at radius 1 is 1.43 bits per heavy atom. The van der Waals surface area contributed by atoms with E-state index >= 15 is 0 Å². The SMILES string of the molecule is CN1CC(C(=O)O)CN(C2CC2)C1=O. The molecule has 0 bridgehead atoms. The Morgan fingerprint density at radius 2 is 2.07 bits per heavy atom. The Balaban J connectivity index is 2.08. The van der Waals surface area contributed by atoms with E-state index in [1.807, 2.05) is 0 Å². The predicted molar refractivity (Wildman–Crippen MR) is 48.9 cm³/mol. The van der Waals surface area contributed by atoms with Crippen LogP contribution >= 0.6 is 0 Å². The van der Waals surface area contributed by atoms with Crippen LogP contribution < -0.4 is 0 Å². The number of nitrogens with zero attached hydrogens (tertiary/aromatic N) is 2. The van der Waals surface area contributed by atoms with Crippen LogP contribution in [0.2, 0.25) is 0 Å². The van der Waals surface area contributed by atoms with Gasteiger partial charge in [0.15, 0.2) is 0 Å². The van der Waals surface area contributed by atoms with Gasteiger partial charge < -0.3 is 14.9 Å². The average Bonchev–Trinajstić information content (AvgIpc) is 2.92. The second kappa shape index (κ2) is 3.15. The summed E-state index contributed by atoms with van der Waals surface area (Å²) in [5.74, 6) is -1.24. The van der Waals surface area contributed by atoms with Crippen LogP contribution in [0.1, 0.15) is 12.8 Å². The van der Waals surface area contributed by atoms with Crippen LogP contribution in [-0.2, 0) is 4.79 Å². The first-order chi connectivity index (χ1) is 6.59. The summed E-state index contributed by atoms with van der Waals surface area (Å²) in [7, 11) is 1.66. The molecule has 0 aromatic carbocycles. The molecule has 1 unspecified atom stereocenters. The van der Waals surface area contributed by atoms with E-state index in [2.05, 4.69) is 0 Å². The Hall–Kier alpha value is -1.26. The highest BCUT2D eigenvalue weighted by molar-refractivity contribution is 5.79. The normalized spacial score (nSPS) is 28.1. The number of hydrogen-bond donors (Lipinski definition) is 1. The molecular formula is C9H14N2O3. The number of carboxylic acids is 1. The number of aliphatic carboxylic acids is 1. The lowest BCUT2D eigenvalue weighted by Gasteiger charge is -2.36. The fourth-order valence-corrected chi connectivity index (χ4v) is 1.85. The zero-order chi connectivity index (χ0) is 10.3. The van der Waals surface area contributed by atoms with Gasteiger partial charge in [-0.15, -0.1) is 0 Å². The van der Waals surface area contributed by atoms with Gasteiger partial charge in [-0.1, -0.05) is 0 Å². The van der Waals surface area contributed by atoms with E-state index in [-0.39, 0.29) is 6.03 Å². The van der Waals surface area contributed by atoms with Crippen LogP contribution in [0.25, 0.3) is 0 Å². The predicted octanol–water partition coefficient (Wildman–Crippen LogP) is 0.217. The van der Waals surface area contributed by atoms with Crippen molar-refractivity contribution >= 4 is 12.0 Å². The number of carbonyl (C=O) groups is 2. The minimum Gasteiger partial charge on any atom is -0.481 e. The van der Waals surface area contributed by atoms with E-state index in [1.54, 1.807) is 11.9 Å². The van der Waals surface area contributed by atoms with E-state index in [1.165, 1.54) is 4.90 Å². The Labute approximate surface area is 82.3 Å². The van der Waals surface area contributed by atoms with Gasteiger partial charge >= 0.3 is 12.0 Å². The topological polar surface area (TPSA) is 60.9 Å². The number of rotatable bonds is 2. The molecule has 1 N–H and O–H groups in total. The highest BCUT2D eigenvalue weighted by Gasteiger charge is 2.40. The summed E-state index contributed by atoms with van der Waals surface area (Å²) in [4.78, 5) is 25.7. The summed E-state index contributed by atoms with van der Waals surface area (Å²) < 4.78 is 0. The van der Waals surface area contributed by atoms with Crippen molar-refractivity contribution in [3.05, 3.63) is 0 Å². The number of hydrogen-bond acceptors (Lipinski definition) is 2. The highest BCUT2D eigenvalue weighted by Crippen LogP contribution is 2.30. The first kappa shape index (κ1) is 9.30. The van der Waals surface area contributed by atoms with Gasteiger partial charge in [-0.25, -0.2) is 4.79 Å². The van der Waals surface area contributed by atoms with Gasteiger partial charge in [-0.05, 0) is 12.8 Å². The zero-order valence-corrected chi connectivity index (χ0v) is 8.14. The van der Waals surface area contributed by atoms with Gasteiger partial charge in [-0.3, -0.25) is 4.79 Å². The standard InChI is InChI=1S/C9H14N2O3/c1-10-4-6(8(12)13)5-11(9(10)14)7-2-3-7/h6-7H,2-5H2,1H3,(H,12,13). The maximum Gasteiger partial charge on any atom is 0.320 e. The number of carboxylic acid groups (broad SMARTS) is 1. The Morgan fingerprint density at radius 3 is 2.57 bits per heavy atom. The molecule has 1 heterocycles. The minimum absolute atomic E-state index is 0.0231. The molecule has 0 aromatic rings. The third-order valence-corrected chi connectivity index (χ3v) is 2.82. The zero-order valence-electron chi connectivity index (χ0n) is 8.14. The first-order valence-electron chi connectivity index (χ1n) is 4.84. The summed E-state index contributed by atoms with van der Waals surface area (Å²) in [5.41, 5.74) is 0. The maximum atomic E-state index is 11.6. The van der Waals surface area contributed by atoms with Crippen molar-refractivity contribution in [3.8, 4) is 0 Å². The Kier molecular flexibility index (Phi) is 2.09. The lowest BCUT2D eigenvalue weighted by Crippen LogP contribution is -2.54. The number of carbonyl (C=O) groups excluding carboxylic acids is 1. The van der Waals surface area contributed by atoms with E-state index in [0.717, 1.165) is 12.8 Å². The van der Waals surface area contributed by atoms with Gasteiger partial charge in [0.2, 0.25) is 0 Å². The van der Waals surface area contributed by atoms with Crippen molar-refractivity contribution in [2.75, 3.05) is 20.1 Å². The maximum absolute atomic E-state index is 11.6. The minimum atomic E-state index is -0.810. The van der Waals surface area contributed by atoms with Gasteiger partial charge in [0.05, 0.1) is 5.92 Å². The summed E-state index contributed by atoms with van der Waals surface area (Å²) in [6.45, 7) is 0.709. The summed E-state index contributed by atoms with van der Waals surface area (Å²) >= 11 is 0. The van der Waals surface area contributed by atoms with E-state index in [0.29, 0.717) is 19.1 Å². The summed E-state index contributed by atoms with van der Waals surface area (Å²) in [6.07, 6.45) is 2.04. The monoisotopic (exact) mass is 198 g/mol. The molecule has 2 rings (SSSR count). The number of urea groups is 1. The van der Waals surface area contributed by atoms with Crippen LogP contribution in [0.3, 0.4) is 0 Å². The average molecular weight is 198 g/mol. The second-order valence-corrected chi connectivity index (χ2v) is 4.08. The lowest BCUT2D eigenvalue weighted by molar-refractivity contribution is -0.143. The number of amides is 2. The van der Waals surface area contributed by atoms with E-state index in [4.69, 9.17) is 5.11 Å². The van der Waals surface area contributed by atoms with Crippen LogP contribution in [0.5, 0.6) is 0 Å². The molecule has 0 spiro atoms. The van der Waals surface area contributed by atoms with Gasteiger partial charge in [0, 0.05) is 26.2 Å². The van der Waals surface area contributed by atoms with Crippen molar-refractivity contribution in [3.63, 3.8) is 0 Å². The summed E-state index contributed by atoms with van der Waals surface area (Å²) in [6, 6.07) is 0.275. The molecule has 78 valence electrons. The molecule has 1 saturated heterocycles. The molecule has 2 amide bonds. The third-order valence-electron chi connectivity index (χ3n) is 2.82. The fourth-order valence-electron chi connectivity index (χ4n) is 1.85. The van der Waals surface area contributed by atoms with E-state index < -0.39 is 11.9 Å². The third kappa shape index (κ3) is 1.54. The molecule has 1 saturated carbocycles. The van der Waals surface area contributed by atoms with Crippen molar-refractivity contribution in [2.45, 2.75) is 18.9 Å². The van der Waals surface area contributed by atoms with Gasteiger partial charge in [-0.2, -0.15) is 0 Å². The van der Waals surface area contributed by atoms with Crippen molar-refractivity contribution in [2.24, 2.45) is 5.92 Å². The molecule has 5 heteroatoms. The molecule has 1 aliphatic carbocycles. The van der Waals surface area contributed by atoms with Crippen LogP contribution in [0.15, 0.2) is 0 Å². The molecule has 2 aliphatic rings. The van der Waals surface area contributed by atoms with Crippen molar-refractivity contribution in [1.82, 2.24) is 9.80 Å². The van der Waals surface area contributed by atoms with Gasteiger partial charge in [0.25, 0.3) is 0 Å². The molecule has 0 radical (unpaired) electrons. The Bertz CT molecular complexity index is 275. The molecule has 1 atom stereocenters. The highest BCUT2D eigenvalue weighted by atomic mass is 16.4. The lowest BCUT2D eigenvalue weighted by atomic mass is 10.1. The largest absolute Gasteiger partial charge is 0.481 e. The molecule has 2 fully saturated rings. The first-order valence-corrected chi connectivity index (χ1v) is 4.84. The fraction of sp³-hybridized carbons (Fsp3) is 0.778. The van der Waals surface area contributed by atoms with Crippen LogP contribution in [0, 0.1) is 5.92 Å².